The van der Waals surface area contributed by atoms with Gasteiger partial charge in [-0.05, 0) is 70.9 Å². The van der Waals surface area contributed by atoms with Gasteiger partial charge in [-0.15, -0.1) is 0 Å². The molecule has 0 radical (unpaired) electrons. The number of hydrogen-bond donors (Lipinski definition) is 0. The van der Waals surface area contributed by atoms with Crippen molar-refractivity contribution in [1.29, 1.82) is 0 Å². The van der Waals surface area contributed by atoms with E-state index in [4.69, 9.17) is 9.47 Å². The molecule has 0 unspecified atom stereocenters. The number of halogens is 1. The topological polar surface area (TPSA) is 38.8 Å². The third-order valence-electron chi connectivity index (χ3n) is 3.63. The predicted molar refractivity (Wildman–Crippen MR) is 106 cm³/mol. The van der Waals surface area contributed by atoms with Crippen LogP contribution >= 0.6 is 15.9 Å². The second kappa shape index (κ2) is 8.72. The Morgan fingerprint density at radius 3 is 2.44 bits per heavy atom. The summed E-state index contributed by atoms with van der Waals surface area (Å²) < 4.78 is 11.7. The van der Waals surface area contributed by atoms with Gasteiger partial charge in [0.25, 0.3) is 0 Å². The monoisotopic (exact) mass is 403 g/mol. The molecular formula is C20H22BrNO3. The van der Waals surface area contributed by atoms with E-state index in [2.05, 4.69) is 15.9 Å². The summed E-state index contributed by atoms with van der Waals surface area (Å²) in [5.41, 5.74) is 2.56. The van der Waals surface area contributed by atoms with Gasteiger partial charge in [0.15, 0.2) is 17.3 Å². The number of carbonyl (C=O) groups excluding carboxylic acids is 1. The van der Waals surface area contributed by atoms with Gasteiger partial charge in [0, 0.05) is 25.3 Å². The van der Waals surface area contributed by atoms with E-state index in [9.17, 15) is 4.79 Å². The number of hydrogen-bond acceptors (Lipinski definition) is 4. The second-order valence-electron chi connectivity index (χ2n) is 5.61. The SMILES string of the molecule is CCOc1cc(/C=C/C(=O)c2ccc(N(C)C)cc2)cc(Br)c1OC. The lowest BCUT2D eigenvalue weighted by Crippen LogP contribution is -2.08. The number of nitrogens with zero attached hydrogens (tertiary/aromatic N) is 1. The summed E-state index contributed by atoms with van der Waals surface area (Å²) in [4.78, 5) is 14.3. The van der Waals surface area contributed by atoms with E-state index in [1.807, 2.05) is 62.3 Å². The molecule has 0 aromatic heterocycles. The number of ketones is 1. The van der Waals surface area contributed by atoms with E-state index in [-0.39, 0.29) is 5.78 Å². The Morgan fingerprint density at radius 1 is 1.20 bits per heavy atom. The van der Waals surface area contributed by atoms with Crippen molar-refractivity contribution in [3.05, 3.63) is 58.1 Å². The lowest BCUT2D eigenvalue weighted by molar-refractivity contribution is 0.104. The molecule has 0 spiro atoms. The van der Waals surface area contributed by atoms with Crippen molar-refractivity contribution in [3.63, 3.8) is 0 Å². The van der Waals surface area contributed by atoms with Crippen LogP contribution in [0.1, 0.15) is 22.8 Å². The molecule has 132 valence electrons. The molecule has 4 nitrogen and oxygen atoms in total. The molecule has 2 aromatic carbocycles. The van der Waals surface area contributed by atoms with Gasteiger partial charge in [0.1, 0.15) is 0 Å². The molecule has 0 atom stereocenters. The van der Waals surface area contributed by atoms with Gasteiger partial charge in [-0.2, -0.15) is 0 Å². The smallest absolute Gasteiger partial charge is 0.185 e. The van der Waals surface area contributed by atoms with Crippen LogP contribution in [-0.2, 0) is 0 Å². The van der Waals surface area contributed by atoms with Crippen molar-refractivity contribution in [1.82, 2.24) is 0 Å². The molecule has 0 aliphatic heterocycles. The number of methoxy groups -OCH3 is 1. The molecule has 2 rings (SSSR count). The zero-order valence-corrected chi connectivity index (χ0v) is 16.5. The van der Waals surface area contributed by atoms with E-state index < -0.39 is 0 Å². The standard InChI is InChI=1S/C20H22BrNO3/c1-5-25-19-13-14(12-17(21)20(19)24-4)6-11-18(23)15-7-9-16(10-8-15)22(2)3/h6-13H,5H2,1-4H3/b11-6+. The van der Waals surface area contributed by atoms with Gasteiger partial charge in [0.05, 0.1) is 18.2 Å². The Hall–Kier alpha value is -2.27. The van der Waals surface area contributed by atoms with Crippen LogP contribution in [0.5, 0.6) is 11.5 Å². The Morgan fingerprint density at radius 2 is 1.88 bits per heavy atom. The van der Waals surface area contributed by atoms with Crippen molar-refractivity contribution < 1.29 is 14.3 Å². The fraction of sp³-hybridized carbons (Fsp3) is 0.250. The molecule has 0 aliphatic rings. The van der Waals surface area contributed by atoms with Gasteiger partial charge < -0.3 is 14.4 Å². The summed E-state index contributed by atoms with van der Waals surface area (Å²) in [6.45, 7) is 2.45. The molecule has 0 saturated heterocycles. The molecule has 0 heterocycles. The number of rotatable bonds is 7. The highest BCUT2D eigenvalue weighted by atomic mass is 79.9. The molecule has 0 N–H and O–H groups in total. The van der Waals surface area contributed by atoms with Crippen LogP contribution in [0.3, 0.4) is 0 Å². The molecule has 5 heteroatoms. The van der Waals surface area contributed by atoms with E-state index in [1.165, 1.54) is 0 Å². The quantitative estimate of drug-likeness (QED) is 0.490. The van der Waals surface area contributed by atoms with Crippen molar-refractivity contribution in [2.75, 3.05) is 32.7 Å². The molecule has 0 amide bonds. The maximum Gasteiger partial charge on any atom is 0.185 e. The average molecular weight is 404 g/mol. The maximum atomic E-state index is 12.3. The van der Waals surface area contributed by atoms with Crippen LogP contribution < -0.4 is 14.4 Å². The molecule has 0 saturated carbocycles. The lowest BCUT2D eigenvalue weighted by atomic mass is 10.1. The Bertz CT molecular complexity index is 767. The van der Waals surface area contributed by atoms with Gasteiger partial charge in [-0.3, -0.25) is 4.79 Å². The third-order valence-corrected chi connectivity index (χ3v) is 4.22. The van der Waals surface area contributed by atoms with Crippen LogP contribution in [0.15, 0.2) is 46.9 Å². The number of ether oxygens (including phenoxy) is 2. The Balaban J connectivity index is 2.21. The van der Waals surface area contributed by atoms with Gasteiger partial charge in [-0.25, -0.2) is 0 Å². The predicted octanol–water partition coefficient (Wildman–Crippen LogP) is 4.82. The summed E-state index contributed by atoms with van der Waals surface area (Å²) in [5, 5.41) is 0. The lowest BCUT2D eigenvalue weighted by Gasteiger charge is -2.12. The Labute approximate surface area is 157 Å². The second-order valence-corrected chi connectivity index (χ2v) is 6.46. The molecule has 0 fully saturated rings. The summed E-state index contributed by atoms with van der Waals surface area (Å²) in [7, 11) is 5.53. The minimum atomic E-state index is -0.0461. The minimum absolute atomic E-state index is 0.0461. The normalized spacial score (nSPS) is 10.8. The van der Waals surface area contributed by atoms with Gasteiger partial charge >= 0.3 is 0 Å². The Kier molecular flexibility index (Phi) is 6.65. The summed E-state index contributed by atoms with van der Waals surface area (Å²) in [5.74, 6) is 1.24. The highest BCUT2D eigenvalue weighted by Crippen LogP contribution is 2.36. The van der Waals surface area contributed by atoms with E-state index >= 15 is 0 Å². The zero-order valence-electron chi connectivity index (χ0n) is 14.9. The molecular weight excluding hydrogens is 382 g/mol. The first-order chi connectivity index (χ1) is 12.0. The fourth-order valence-electron chi connectivity index (χ4n) is 2.34. The van der Waals surface area contributed by atoms with Gasteiger partial charge in [0.2, 0.25) is 0 Å². The van der Waals surface area contributed by atoms with Gasteiger partial charge in [-0.1, -0.05) is 6.08 Å². The highest BCUT2D eigenvalue weighted by molar-refractivity contribution is 9.10. The maximum absolute atomic E-state index is 12.3. The number of anilines is 1. The van der Waals surface area contributed by atoms with Crippen LogP contribution in [0, 0.1) is 0 Å². The van der Waals surface area contributed by atoms with Crippen LogP contribution in [0.25, 0.3) is 6.08 Å². The van der Waals surface area contributed by atoms with Crippen molar-refractivity contribution in [3.8, 4) is 11.5 Å². The number of carbonyl (C=O) groups is 1. The average Bonchev–Trinajstić information content (AvgIpc) is 2.60. The van der Waals surface area contributed by atoms with E-state index in [0.29, 0.717) is 23.7 Å². The zero-order chi connectivity index (χ0) is 18.4. The molecule has 2 aromatic rings. The first kappa shape index (κ1) is 19.1. The van der Waals surface area contributed by atoms with Crippen molar-refractivity contribution in [2.24, 2.45) is 0 Å². The van der Waals surface area contributed by atoms with Crippen molar-refractivity contribution >= 4 is 33.5 Å². The van der Waals surface area contributed by atoms with Crippen LogP contribution in [0.2, 0.25) is 0 Å². The minimum Gasteiger partial charge on any atom is -0.492 e. The van der Waals surface area contributed by atoms with Crippen molar-refractivity contribution in [2.45, 2.75) is 6.92 Å². The molecule has 0 aliphatic carbocycles. The molecule has 25 heavy (non-hydrogen) atoms. The largest absolute Gasteiger partial charge is 0.492 e. The van der Waals surface area contributed by atoms with E-state index in [0.717, 1.165) is 15.7 Å². The highest BCUT2D eigenvalue weighted by Gasteiger charge is 2.10. The first-order valence-corrected chi connectivity index (χ1v) is 8.75. The number of benzene rings is 2. The van der Waals surface area contributed by atoms with Crippen LogP contribution in [0.4, 0.5) is 5.69 Å². The summed E-state index contributed by atoms with van der Waals surface area (Å²) in [6, 6.07) is 11.3. The summed E-state index contributed by atoms with van der Waals surface area (Å²) >= 11 is 3.47. The third kappa shape index (κ3) is 4.86. The molecule has 0 bridgehead atoms. The first-order valence-electron chi connectivity index (χ1n) is 7.96. The number of allylic oxidation sites excluding steroid dienone is 1. The van der Waals surface area contributed by atoms with E-state index in [1.54, 1.807) is 19.3 Å². The summed E-state index contributed by atoms with van der Waals surface area (Å²) in [6.07, 6.45) is 3.34. The fourth-order valence-corrected chi connectivity index (χ4v) is 2.96. The van der Waals surface area contributed by atoms with Crippen LogP contribution in [-0.4, -0.2) is 33.6 Å².